The summed E-state index contributed by atoms with van der Waals surface area (Å²) in [6.07, 6.45) is 10.8. The molecule has 1 aliphatic heterocycles. The minimum Gasteiger partial charge on any atom is -0.392 e. The van der Waals surface area contributed by atoms with Crippen molar-refractivity contribution in [1.29, 1.82) is 0 Å². The smallest absolute Gasteiger partial charge is 0.123 e. The molecule has 5 heteroatoms. The molecular formula is C37H55F2NO2. The van der Waals surface area contributed by atoms with Crippen molar-refractivity contribution in [3.8, 4) is 0 Å². The third-order valence-corrected chi connectivity index (χ3v) is 6.80. The van der Waals surface area contributed by atoms with E-state index in [9.17, 15) is 13.9 Å². The number of rotatable bonds is 11. The van der Waals surface area contributed by atoms with E-state index >= 15 is 0 Å². The van der Waals surface area contributed by atoms with Gasteiger partial charge in [0, 0.05) is 18.2 Å². The minimum absolute atomic E-state index is 0.177. The SMILES string of the molecule is C=C/C=C(\CC)C1C(CCC(O)c2ccc(F)cc2)CN1c1ccc(F)cc1.CC.CC.CC(C)=CC/C=C(\C)CO. The molecule has 0 bridgehead atoms. The summed E-state index contributed by atoms with van der Waals surface area (Å²) in [7, 11) is 0. The van der Waals surface area contributed by atoms with E-state index in [1.165, 1.54) is 35.4 Å². The second kappa shape index (κ2) is 22.6. The number of halogens is 2. The lowest BCUT2D eigenvalue weighted by molar-refractivity contribution is 0.147. The van der Waals surface area contributed by atoms with Crippen LogP contribution in [0.2, 0.25) is 0 Å². The van der Waals surface area contributed by atoms with Crippen LogP contribution in [-0.2, 0) is 0 Å². The van der Waals surface area contributed by atoms with E-state index in [1.54, 1.807) is 12.1 Å². The second-order valence-corrected chi connectivity index (χ2v) is 10.0. The molecular weight excluding hydrogens is 528 g/mol. The van der Waals surface area contributed by atoms with Gasteiger partial charge in [-0.15, -0.1) is 0 Å². The van der Waals surface area contributed by atoms with Crippen molar-refractivity contribution in [1.82, 2.24) is 0 Å². The zero-order valence-electron chi connectivity index (χ0n) is 27.2. The van der Waals surface area contributed by atoms with Crippen LogP contribution in [0.15, 0.2) is 96.1 Å². The van der Waals surface area contributed by atoms with Crippen LogP contribution in [0.25, 0.3) is 0 Å². The molecule has 3 atom stereocenters. The maximum atomic E-state index is 13.3. The minimum atomic E-state index is -0.602. The summed E-state index contributed by atoms with van der Waals surface area (Å²) in [5, 5.41) is 19.1. The van der Waals surface area contributed by atoms with Gasteiger partial charge >= 0.3 is 0 Å². The largest absolute Gasteiger partial charge is 0.392 e. The standard InChI is InChI=1S/C24H27F2NO.C9H16O.2C2H6/c1-3-5-17(4-2)24-19(16-27(24)22-13-11-21(26)12-14-22)8-15-23(28)18-6-9-20(25)10-7-18;1-8(2)5-4-6-9(3)7-10;2*1-2/h3,5-7,9-14,19,23-24,28H,1,4,8,15-16H2,2H3;5-6,10H,4,7H2,1-3H3;2*1-2H3/b17-5+;9-6+;;. The summed E-state index contributed by atoms with van der Waals surface area (Å²) < 4.78 is 26.4. The first-order valence-corrected chi connectivity index (χ1v) is 15.4. The Kier molecular flexibility index (Phi) is 20.9. The van der Waals surface area contributed by atoms with Crippen LogP contribution >= 0.6 is 0 Å². The van der Waals surface area contributed by atoms with Gasteiger partial charge < -0.3 is 15.1 Å². The van der Waals surface area contributed by atoms with Crippen LogP contribution in [0.5, 0.6) is 0 Å². The first-order valence-electron chi connectivity index (χ1n) is 15.4. The molecule has 0 spiro atoms. The highest BCUT2D eigenvalue weighted by Gasteiger charge is 2.40. The molecule has 42 heavy (non-hydrogen) atoms. The summed E-state index contributed by atoms with van der Waals surface area (Å²) in [5.74, 6) is -0.143. The summed E-state index contributed by atoms with van der Waals surface area (Å²) in [4.78, 5) is 2.28. The Morgan fingerprint density at radius 1 is 0.952 bits per heavy atom. The number of aliphatic hydroxyl groups is 2. The third-order valence-electron chi connectivity index (χ3n) is 6.80. The van der Waals surface area contributed by atoms with Gasteiger partial charge in [-0.1, -0.05) is 88.8 Å². The van der Waals surface area contributed by atoms with Crippen LogP contribution in [-0.4, -0.2) is 29.4 Å². The Morgan fingerprint density at radius 3 is 1.98 bits per heavy atom. The van der Waals surface area contributed by atoms with Crippen molar-refractivity contribution in [3.05, 3.63) is 113 Å². The fourth-order valence-corrected chi connectivity index (χ4v) is 4.59. The van der Waals surface area contributed by atoms with E-state index in [2.05, 4.69) is 44.4 Å². The summed E-state index contributed by atoms with van der Waals surface area (Å²) in [5.41, 5.74) is 5.39. The number of aliphatic hydroxyl groups excluding tert-OH is 2. The Balaban J connectivity index is 0.00000101. The quantitative estimate of drug-likeness (QED) is 0.204. The average molecular weight is 584 g/mol. The molecule has 0 aromatic heterocycles. The van der Waals surface area contributed by atoms with Crippen molar-refractivity contribution in [2.75, 3.05) is 18.1 Å². The molecule has 1 saturated heterocycles. The molecule has 2 N–H and O–H groups in total. The molecule has 0 saturated carbocycles. The molecule has 3 rings (SSSR count). The van der Waals surface area contributed by atoms with Gasteiger partial charge in [0.1, 0.15) is 11.6 Å². The molecule has 3 unspecified atom stereocenters. The molecule has 2 aromatic rings. The van der Waals surface area contributed by atoms with Crippen LogP contribution in [0.3, 0.4) is 0 Å². The number of anilines is 1. The highest BCUT2D eigenvalue weighted by Crippen LogP contribution is 2.40. The molecule has 234 valence electrons. The Morgan fingerprint density at radius 2 is 1.50 bits per heavy atom. The Hall–Kier alpha value is -3.02. The van der Waals surface area contributed by atoms with Gasteiger partial charge in [-0.25, -0.2) is 8.78 Å². The van der Waals surface area contributed by atoms with Gasteiger partial charge in [0.2, 0.25) is 0 Å². The zero-order chi connectivity index (χ0) is 32.1. The number of hydrogen-bond donors (Lipinski definition) is 2. The topological polar surface area (TPSA) is 43.7 Å². The Bertz CT molecular complexity index is 1080. The molecule has 1 aliphatic rings. The van der Waals surface area contributed by atoms with Gasteiger partial charge in [0.25, 0.3) is 0 Å². The van der Waals surface area contributed by atoms with E-state index < -0.39 is 6.10 Å². The van der Waals surface area contributed by atoms with E-state index in [-0.39, 0.29) is 24.3 Å². The van der Waals surface area contributed by atoms with Gasteiger partial charge in [-0.3, -0.25) is 0 Å². The van der Waals surface area contributed by atoms with Crippen LogP contribution in [0, 0.1) is 17.6 Å². The maximum Gasteiger partial charge on any atom is 0.123 e. The normalized spacial score (nSPS) is 16.7. The van der Waals surface area contributed by atoms with Gasteiger partial charge in [0.15, 0.2) is 0 Å². The third kappa shape index (κ3) is 13.8. The number of allylic oxidation sites excluding steroid dienone is 5. The fourth-order valence-electron chi connectivity index (χ4n) is 4.59. The van der Waals surface area contributed by atoms with Gasteiger partial charge in [-0.05, 0) is 94.0 Å². The van der Waals surface area contributed by atoms with Crippen molar-refractivity contribution in [2.45, 2.75) is 93.2 Å². The Labute approximate surface area is 255 Å². The molecule has 1 heterocycles. The number of hydrogen-bond acceptors (Lipinski definition) is 3. The summed E-state index contributed by atoms with van der Waals surface area (Å²) in [6.45, 7) is 21.1. The summed E-state index contributed by atoms with van der Waals surface area (Å²) in [6, 6.07) is 12.8. The van der Waals surface area contributed by atoms with Crippen LogP contribution in [0.1, 0.15) is 92.7 Å². The predicted octanol–water partition coefficient (Wildman–Crippen LogP) is 10.1. The van der Waals surface area contributed by atoms with E-state index in [0.717, 1.165) is 42.6 Å². The lowest BCUT2D eigenvalue weighted by Gasteiger charge is -2.51. The molecule has 0 aliphatic carbocycles. The van der Waals surface area contributed by atoms with Crippen molar-refractivity contribution < 1.29 is 19.0 Å². The fraction of sp³-hybridized carbons (Fsp3) is 0.459. The van der Waals surface area contributed by atoms with Crippen LogP contribution in [0.4, 0.5) is 14.5 Å². The van der Waals surface area contributed by atoms with Gasteiger partial charge in [-0.2, -0.15) is 0 Å². The molecule has 0 radical (unpaired) electrons. The highest BCUT2D eigenvalue weighted by atomic mass is 19.1. The maximum absolute atomic E-state index is 13.3. The van der Waals surface area contributed by atoms with Crippen molar-refractivity contribution in [2.24, 2.45) is 5.92 Å². The van der Waals surface area contributed by atoms with Crippen molar-refractivity contribution >= 4 is 5.69 Å². The first kappa shape index (κ1) is 39.0. The van der Waals surface area contributed by atoms with E-state index in [1.807, 2.05) is 58.9 Å². The number of benzene rings is 2. The summed E-state index contributed by atoms with van der Waals surface area (Å²) >= 11 is 0. The lowest BCUT2D eigenvalue weighted by Crippen LogP contribution is -2.57. The van der Waals surface area contributed by atoms with E-state index in [0.29, 0.717) is 12.3 Å². The van der Waals surface area contributed by atoms with Crippen LogP contribution < -0.4 is 4.90 Å². The predicted molar refractivity (Wildman–Crippen MR) is 178 cm³/mol. The molecule has 3 nitrogen and oxygen atoms in total. The van der Waals surface area contributed by atoms with E-state index in [4.69, 9.17) is 5.11 Å². The molecule has 0 amide bonds. The number of nitrogens with zero attached hydrogens (tertiary/aromatic N) is 1. The monoisotopic (exact) mass is 583 g/mol. The highest BCUT2D eigenvalue weighted by molar-refractivity contribution is 5.53. The zero-order valence-corrected chi connectivity index (χ0v) is 27.2. The second-order valence-electron chi connectivity index (χ2n) is 10.0. The van der Waals surface area contributed by atoms with Crippen molar-refractivity contribution in [3.63, 3.8) is 0 Å². The average Bonchev–Trinajstić information content (AvgIpc) is 2.99. The molecule has 1 fully saturated rings. The molecule has 2 aromatic carbocycles. The lowest BCUT2D eigenvalue weighted by atomic mass is 9.78. The first-order chi connectivity index (χ1) is 20.2. The van der Waals surface area contributed by atoms with Gasteiger partial charge in [0.05, 0.1) is 18.8 Å².